The molecular weight excluding hydrogens is 392 g/mol. The number of rotatable bonds is 6. The van der Waals surface area contributed by atoms with Gasteiger partial charge in [-0.15, -0.1) is 0 Å². The Labute approximate surface area is 184 Å². The lowest BCUT2D eigenvalue weighted by Crippen LogP contribution is -2.36. The van der Waals surface area contributed by atoms with E-state index in [1.165, 1.54) is 24.1 Å². The van der Waals surface area contributed by atoms with E-state index in [0.29, 0.717) is 0 Å². The van der Waals surface area contributed by atoms with Gasteiger partial charge in [0.1, 0.15) is 12.0 Å². The van der Waals surface area contributed by atoms with Crippen LogP contribution in [-0.4, -0.2) is 12.4 Å². The number of hydrogen-bond acceptors (Lipinski definition) is 4. The number of para-hydroxylation sites is 1. The van der Waals surface area contributed by atoms with Crippen molar-refractivity contribution in [2.24, 2.45) is 4.99 Å². The number of allylic oxidation sites excluding steroid dienone is 1. The van der Waals surface area contributed by atoms with Crippen molar-refractivity contribution in [1.82, 2.24) is 10.6 Å². The summed E-state index contributed by atoms with van der Waals surface area (Å²) in [6.45, 7) is 7.44. The summed E-state index contributed by atoms with van der Waals surface area (Å²) < 4.78 is 0. The summed E-state index contributed by atoms with van der Waals surface area (Å²) in [6.07, 6.45) is 5.44. The third-order valence-corrected chi connectivity index (χ3v) is 5.85. The van der Waals surface area contributed by atoms with Crippen LogP contribution in [0, 0.1) is 0 Å². The Balaban J connectivity index is 1.62. The molecule has 2 aromatic rings. The zero-order valence-electron chi connectivity index (χ0n) is 17.5. The van der Waals surface area contributed by atoms with E-state index in [1.807, 2.05) is 30.3 Å². The summed E-state index contributed by atoms with van der Waals surface area (Å²) in [4.78, 5) is 5.04. The second kappa shape index (κ2) is 9.40. The molecule has 0 bridgehead atoms. The molecule has 1 aliphatic carbocycles. The molecular formula is C25H29ClN4. The summed E-state index contributed by atoms with van der Waals surface area (Å²) >= 11 is 6.08. The summed E-state index contributed by atoms with van der Waals surface area (Å²) in [5, 5.41) is 11.4. The van der Waals surface area contributed by atoms with Crippen molar-refractivity contribution in [2.45, 2.75) is 45.2 Å². The first-order chi connectivity index (χ1) is 14.7. The van der Waals surface area contributed by atoms with E-state index in [4.69, 9.17) is 16.6 Å². The van der Waals surface area contributed by atoms with E-state index in [0.717, 1.165) is 59.2 Å². The van der Waals surface area contributed by atoms with Crippen LogP contribution in [0.5, 0.6) is 0 Å². The maximum atomic E-state index is 6.08. The molecule has 0 fully saturated rings. The van der Waals surface area contributed by atoms with Crippen LogP contribution >= 0.6 is 11.6 Å². The molecule has 0 spiro atoms. The third-order valence-electron chi connectivity index (χ3n) is 5.60. The maximum absolute atomic E-state index is 6.08. The molecule has 0 saturated heterocycles. The molecule has 2 aliphatic rings. The van der Waals surface area contributed by atoms with Crippen molar-refractivity contribution >= 4 is 28.8 Å². The van der Waals surface area contributed by atoms with Gasteiger partial charge < -0.3 is 16.0 Å². The van der Waals surface area contributed by atoms with Gasteiger partial charge in [-0.3, -0.25) is 0 Å². The number of benzene rings is 2. The summed E-state index contributed by atoms with van der Waals surface area (Å²) in [6, 6.07) is 16.2. The summed E-state index contributed by atoms with van der Waals surface area (Å²) in [5.41, 5.74) is 6.72. The smallest absolute Gasteiger partial charge is 0.146 e. The standard InChI is InChI=1S/C25H29ClN4/c1-3-16-27-22-10-6-4-8-20(22)17(2)28-25-21-9-5-7-11-23(21)29-24(30-25)18-12-14-19(26)15-13-18/h4,6,8,10,12-15,24,27,29H,2-3,5,7,9,11,16H2,1H3,(H,28,30). The largest absolute Gasteiger partial charge is 0.385 e. The molecule has 3 N–H and O–H groups in total. The van der Waals surface area contributed by atoms with Crippen LogP contribution in [-0.2, 0) is 0 Å². The van der Waals surface area contributed by atoms with Crippen LogP contribution in [0.15, 0.2) is 71.4 Å². The second-order valence-electron chi connectivity index (χ2n) is 7.82. The van der Waals surface area contributed by atoms with Crippen LogP contribution in [0.3, 0.4) is 0 Å². The molecule has 0 radical (unpaired) electrons. The molecule has 1 heterocycles. The van der Waals surface area contributed by atoms with Crippen molar-refractivity contribution in [3.8, 4) is 0 Å². The highest BCUT2D eigenvalue weighted by Gasteiger charge is 2.26. The normalized spacial score (nSPS) is 18.2. The monoisotopic (exact) mass is 420 g/mol. The molecule has 0 amide bonds. The van der Waals surface area contributed by atoms with E-state index in [1.54, 1.807) is 0 Å². The molecule has 1 atom stereocenters. The van der Waals surface area contributed by atoms with E-state index in [2.05, 4.69) is 47.7 Å². The fourth-order valence-electron chi connectivity index (χ4n) is 4.01. The molecule has 0 saturated carbocycles. The molecule has 30 heavy (non-hydrogen) atoms. The van der Waals surface area contributed by atoms with Gasteiger partial charge in [0, 0.05) is 39.8 Å². The number of amidine groups is 1. The van der Waals surface area contributed by atoms with Crippen LogP contribution in [0.25, 0.3) is 5.70 Å². The molecule has 2 aromatic carbocycles. The topological polar surface area (TPSA) is 48.5 Å². The van der Waals surface area contributed by atoms with Gasteiger partial charge in [0.25, 0.3) is 0 Å². The molecule has 4 rings (SSSR count). The predicted molar refractivity (Wildman–Crippen MR) is 128 cm³/mol. The zero-order valence-corrected chi connectivity index (χ0v) is 18.2. The second-order valence-corrected chi connectivity index (χ2v) is 8.25. The lowest BCUT2D eigenvalue weighted by molar-refractivity contribution is 0.543. The first-order valence-corrected chi connectivity index (χ1v) is 11.1. The molecule has 156 valence electrons. The van der Waals surface area contributed by atoms with Gasteiger partial charge in [0.15, 0.2) is 0 Å². The highest BCUT2D eigenvalue weighted by Crippen LogP contribution is 2.32. The van der Waals surface area contributed by atoms with E-state index in [-0.39, 0.29) is 6.17 Å². The summed E-state index contributed by atoms with van der Waals surface area (Å²) in [5.74, 6) is 0.929. The number of nitrogens with zero attached hydrogens (tertiary/aromatic N) is 1. The van der Waals surface area contributed by atoms with Crippen LogP contribution in [0.4, 0.5) is 5.69 Å². The zero-order chi connectivity index (χ0) is 20.9. The molecule has 0 aromatic heterocycles. The van der Waals surface area contributed by atoms with Gasteiger partial charge in [0.2, 0.25) is 0 Å². The van der Waals surface area contributed by atoms with Gasteiger partial charge in [-0.05, 0) is 55.9 Å². The van der Waals surface area contributed by atoms with Crippen molar-refractivity contribution in [2.75, 3.05) is 11.9 Å². The van der Waals surface area contributed by atoms with E-state index < -0.39 is 0 Å². The average molecular weight is 421 g/mol. The Morgan fingerprint density at radius 1 is 1.13 bits per heavy atom. The average Bonchev–Trinajstić information content (AvgIpc) is 2.78. The highest BCUT2D eigenvalue weighted by atomic mass is 35.5. The molecule has 4 nitrogen and oxygen atoms in total. The third kappa shape index (κ3) is 4.54. The minimum absolute atomic E-state index is 0.122. The minimum Gasteiger partial charge on any atom is -0.385 e. The fraction of sp³-hybridized carbons (Fsp3) is 0.320. The fourth-order valence-corrected chi connectivity index (χ4v) is 4.14. The Hall–Kier alpha value is -2.72. The number of aliphatic imine (C=N–C) groups is 1. The lowest BCUT2D eigenvalue weighted by atomic mass is 9.93. The van der Waals surface area contributed by atoms with Gasteiger partial charge >= 0.3 is 0 Å². The predicted octanol–water partition coefficient (Wildman–Crippen LogP) is 6.25. The van der Waals surface area contributed by atoms with Gasteiger partial charge in [-0.1, -0.05) is 55.4 Å². The first kappa shape index (κ1) is 20.5. The molecule has 5 heteroatoms. The van der Waals surface area contributed by atoms with Crippen molar-refractivity contribution in [3.05, 3.63) is 82.5 Å². The maximum Gasteiger partial charge on any atom is 0.146 e. The molecule has 1 unspecified atom stereocenters. The SMILES string of the molecule is C=C(NC1=NC(c2ccc(Cl)cc2)NC2=C1CCCC2)c1ccccc1NCCC. The number of anilines is 1. The minimum atomic E-state index is -0.122. The van der Waals surface area contributed by atoms with Gasteiger partial charge in [-0.2, -0.15) is 0 Å². The van der Waals surface area contributed by atoms with Crippen molar-refractivity contribution in [3.63, 3.8) is 0 Å². The van der Waals surface area contributed by atoms with Crippen LogP contribution in [0.2, 0.25) is 5.02 Å². The Kier molecular flexibility index (Phi) is 6.44. The first-order valence-electron chi connectivity index (χ1n) is 10.8. The number of nitrogens with one attached hydrogen (secondary N) is 3. The van der Waals surface area contributed by atoms with Crippen molar-refractivity contribution < 1.29 is 0 Å². The number of halogens is 1. The quantitative estimate of drug-likeness (QED) is 0.517. The van der Waals surface area contributed by atoms with E-state index >= 15 is 0 Å². The van der Waals surface area contributed by atoms with Crippen molar-refractivity contribution in [1.29, 1.82) is 0 Å². The Morgan fingerprint density at radius 3 is 2.70 bits per heavy atom. The summed E-state index contributed by atoms with van der Waals surface area (Å²) in [7, 11) is 0. The Morgan fingerprint density at radius 2 is 1.90 bits per heavy atom. The van der Waals surface area contributed by atoms with Crippen LogP contribution < -0.4 is 16.0 Å². The Bertz CT molecular complexity index is 975. The lowest BCUT2D eigenvalue weighted by Gasteiger charge is -2.32. The number of hydrogen-bond donors (Lipinski definition) is 3. The van der Waals surface area contributed by atoms with Crippen LogP contribution in [0.1, 0.15) is 56.3 Å². The van der Waals surface area contributed by atoms with E-state index in [9.17, 15) is 0 Å². The van der Waals surface area contributed by atoms with Gasteiger partial charge in [0.05, 0.1) is 0 Å². The van der Waals surface area contributed by atoms with Gasteiger partial charge in [-0.25, -0.2) is 4.99 Å². The highest BCUT2D eigenvalue weighted by molar-refractivity contribution is 6.30. The molecule has 1 aliphatic heterocycles.